The van der Waals surface area contributed by atoms with Gasteiger partial charge in [0.1, 0.15) is 45.7 Å². The topological polar surface area (TPSA) is 130 Å². The number of hydrogen-bond donors (Lipinski definition) is 4. The first-order chi connectivity index (χ1) is 37.5. The summed E-state index contributed by atoms with van der Waals surface area (Å²) in [6.07, 6.45) is 20.6. The summed E-state index contributed by atoms with van der Waals surface area (Å²) >= 11 is 0. The molecule has 0 saturated heterocycles. The monoisotopic (exact) mass is 1380 g/mol. The number of benzene rings is 6. The van der Waals surface area contributed by atoms with Crippen LogP contribution in [0.5, 0.6) is 23.0 Å². The summed E-state index contributed by atoms with van der Waals surface area (Å²) in [5.41, 5.74) is 16.4. The molecule has 0 spiro atoms. The normalized spacial score (nSPS) is 14.0. The minimum absolute atomic E-state index is 0. The average Bonchev–Trinajstić information content (AvgIpc) is 3.40. The quantitative estimate of drug-likeness (QED) is 0.0893. The van der Waals surface area contributed by atoms with Gasteiger partial charge in [-0.3, -0.25) is 20.0 Å². The molecule has 8 nitrogen and oxygen atoms in total. The van der Waals surface area contributed by atoms with E-state index in [4.69, 9.17) is 0 Å². The van der Waals surface area contributed by atoms with E-state index in [0.29, 0.717) is 40.4 Å². The molecule has 4 N–H and O–H groups in total. The van der Waals surface area contributed by atoms with E-state index >= 15 is 0 Å². The molecule has 2 fully saturated rings. The summed E-state index contributed by atoms with van der Waals surface area (Å²) in [5, 5.41) is 41.4. The molecule has 0 bridgehead atoms. The van der Waals surface area contributed by atoms with Gasteiger partial charge in [-0.25, -0.2) is 0 Å². The van der Waals surface area contributed by atoms with E-state index in [-0.39, 0.29) is 101 Å². The van der Waals surface area contributed by atoms with Crippen molar-refractivity contribution in [3.05, 3.63) is 163 Å². The molecule has 0 aromatic heterocycles. The van der Waals surface area contributed by atoms with Crippen molar-refractivity contribution in [1.82, 2.24) is 0 Å². The average molecular weight is 1380 g/mol. The molecule has 0 unspecified atom stereocenters. The number of aromatic hydroxyl groups is 4. The Morgan fingerprint density at radius 1 is 0.357 bits per heavy atom. The second kappa shape index (κ2) is 35.3. The Morgan fingerprint density at radius 2 is 0.690 bits per heavy atom. The van der Waals surface area contributed by atoms with Crippen LogP contribution in [0.3, 0.4) is 0 Å². The maximum atomic E-state index is 10.5. The van der Waals surface area contributed by atoms with Crippen LogP contribution < -0.4 is 0 Å². The van der Waals surface area contributed by atoms with Crippen LogP contribution in [0.2, 0.25) is 0 Å². The molecule has 2 saturated carbocycles. The fourth-order valence-corrected chi connectivity index (χ4v) is 10.1. The molecule has 2 aliphatic carbocycles. The number of hydrogen-bond acceptors (Lipinski definition) is 8. The van der Waals surface area contributed by atoms with Crippen molar-refractivity contribution in [1.29, 1.82) is 0 Å². The zero-order valence-corrected chi connectivity index (χ0v) is 57.3. The minimum Gasteiger partial charge on any atom is -0.505 e. The third-order valence-electron chi connectivity index (χ3n) is 14.9. The largest absolute Gasteiger partial charge is 0.505 e. The van der Waals surface area contributed by atoms with Crippen LogP contribution in [0.1, 0.15) is 199 Å². The predicted octanol–water partition coefficient (Wildman–Crippen LogP) is 20.0. The molecule has 6 aromatic rings. The summed E-state index contributed by atoms with van der Waals surface area (Å²) in [5.74, 6) is 2.40. The van der Waals surface area contributed by atoms with Crippen LogP contribution in [-0.2, 0) is 89.8 Å². The maximum absolute atomic E-state index is 10.5. The second-order valence-corrected chi connectivity index (χ2v) is 25.9. The Bertz CT molecular complexity index is 3150. The van der Waals surface area contributed by atoms with Gasteiger partial charge in [-0.1, -0.05) is 179 Å². The molecular formula is C72H96AgCu3N4O4. The van der Waals surface area contributed by atoms with Crippen molar-refractivity contribution in [2.75, 3.05) is 0 Å². The van der Waals surface area contributed by atoms with Crippen LogP contribution in [0.25, 0.3) is 0 Å². The van der Waals surface area contributed by atoms with Gasteiger partial charge in [-0.05, 0) is 178 Å². The standard InChI is InChI=1S/C20H25NO.C19H23NO.C18H27NO.C15H21NO.Ag.3Cu/c1-13-7-8-15(3)16(9-13)12-21-18-11-14(2)10-17(19(18)22)20(4,5)6;1-13-6-8-15(9-7-13)12-20-17-11-14(2)10-16(18(17)21)19(3,4)5;1-13-10-15(18(2,3)4)17(20)16(11-13)19-12-14-8-6-5-7-9-14;1-11-8-12(2)15(17)14(9-11)16-10-13-6-4-3-5-7-13;;;;/h7-12,22H,1-6H3;6-12,21H,1-5H3;10-12,14,20H,5-9H2,1-4H3;8-10,13,17H,3-7H2,1-2H3;;;;. The van der Waals surface area contributed by atoms with Crippen LogP contribution in [0.15, 0.2) is 111 Å². The van der Waals surface area contributed by atoms with Gasteiger partial charge in [0, 0.05) is 115 Å². The van der Waals surface area contributed by atoms with Gasteiger partial charge in [0.25, 0.3) is 0 Å². The van der Waals surface area contributed by atoms with Crippen molar-refractivity contribution in [3.8, 4) is 23.0 Å². The molecule has 6 aromatic carbocycles. The van der Waals surface area contributed by atoms with Crippen molar-refractivity contribution in [3.63, 3.8) is 0 Å². The van der Waals surface area contributed by atoms with Crippen LogP contribution in [0.4, 0.5) is 22.7 Å². The molecule has 8 rings (SSSR count). The Kier molecular flexibility index (Phi) is 32.6. The number of rotatable bonds is 8. The Morgan fingerprint density at radius 3 is 1.07 bits per heavy atom. The number of nitrogens with zero attached hydrogens (tertiary/aromatic N) is 4. The van der Waals surface area contributed by atoms with E-state index in [2.05, 4.69) is 153 Å². The zero-order valence-electron chi connectivity index (χ0n) is 53.0. The third-order valence-corrected chi connectivity index (χ3v) is 14.9. The van der Waals surface area contributed by atoms with Gasteiger partial charge < -0.3 is 20.4 Å². The minimum atomic E-state index is -0.111. The molecule has 472 valence electrons. The molecule has 12 heteroatoms. The molecule has 84 heavy (non-hydrogen) atoms. The summed E-state index contributed by atoms with van der Waals surface area (Å²) < 4.78 is 0. The Balaban J connectivity index is 0.000000553. The summed E-state index contributed by atoms with van der Waals surface area (Å²) in [6, 6.07) is 30.3. The molecular weight excluding hydrogens is 1280 g/mol. The fraction of sp³-hybridized carbons (Fsp3) is 0.444. The van der Waals surface area contributed by atoms with E-state index in [1.165, 1.54) is 80.9 Å². The van der Waals surface area contributed by atoms with Gasteiger partial charge in [-0.15, -0.1) is 0 Å². The van der Waals surface area contributed by atoms with E-state index in [9.17, 15) is 20.4 Å². The first-order valence-corrected chi connectivity index (χ1v) is 29.1. The van der Waals surface area contributed by atoms with Crippen molar-refractivity contribution in [2.24, 2.45) is 31.8 Å². The first kappa shape index (κ1) is 77.5. The smallest absolute Gasteiger partial charge is 0.144 e. The van der Waals surface area contributed by atoms with Crippen LogP contribution in [0, 0.1) is 67.2 Å². The number of aliphatic imine (C=N–C) groups is 4. The molecule has 2 aliphatic rings. The molecule has 0 aliphatic heterocycles. The number of aryl methyl sites for hydroxylation is 8. The van der Waals surface area contributed by atoms with Gasteiger partial charge in [0.05, 0.1) is 0 Å². The van der Waals surface area contributed by atoms with Crippen LogP contribution >= 0.6 is 0 Å². The molecule has 0 atom stereocenters. The molecule has 0 heterocycles. The van der Waals surface area contributed by atoms with E-state index < -0.39 is 0 Å². The van der Waals surface area contributed by atoms with E-state index in [1.54, 1.807) is 6.21 Å². The predicted molar refractivity (Wildman–Crippen MR) is 343 cm³/mol. The third kappa shape index (κ3) is 24.3. The summed E-state index contributed by atoms with van der Waals surface area (Å²) in [6.45, 7) is 35.2. The van der Waals surface area contributed by atoms with Crippen molar-refractivity contribution >= 4 is 47.6 Å². The van der Waals surface area contributed by atoms with Gasteiger partial charge in [0.15, 0.2) is 0 Å². The SMILES string of the molecule is Cc1cc(C)c(O)c(N=CC2CCCCC2)c1.Cc1cc(N=CC2CCCCC2)c(O)c(C(C)(C)C)c1.Cc1ccc(C)c(C=Nc2cc(C)cc(C(C)(C)C)c2O)c1.Cc1ccc(C=Nc2cc(C)cc(C(C)(C)C)c2O)cc1.[Ag].[Cu].[Cu].[Cu]. The van der Waals surface area contributed by atoms with E-state index in [0.717, 1.165) is 61.3 Å². The zero-order chi connectivity index (χ0) is 59.1. The van der Waals surface area contributed by atoms with Crippen molar-refractivity contribution in [2.45, 2.75) is 198 Å². The second-order valence-electron chi connectivity index (χ2n) is 25.9. The maximum Gasteiger partial charge on any atom is 0.144 e. The van der Waals surface area contributed by atoms with Gasteiger partial charge in [0.2, 0.25) is 0 Å². The fourth-order valence-electron chi connectivity index (χ4n) is 10.1. The van der Waals surface area contributed by atoms with Crippen molar-refractivity contribution < 1.29 is 94.0 Å². The number of phenols is 4. The van der Waals surface area contributed by atoms with Gasteiger partial charge in [-0.2, -0.15) is 0 Å². The number of phenolic OH excluding ortho intramolecular Hbond substituents is 4. The Hall–Kier alpha value is -4.50. The summed E-state index contributed by atoms with van der Waals surface area (Å²) in [4.78, 5) is 18.1. The Labute approximate surface area is 553 Å². The summed E-state index contributed by atoms with van der Waals surface area (Å²) in [7, 11) is 0. The van der Waals surface area contributed by atoms with Gasteiger partial charge >= 0.3 is 0 Å². The van der Waals surface area contributed by atoms with Crippen LogP contribution in [-0.4, -0.2) is 45.3 Å². The molecule has 4 radical (unpaired) electrons. The first-order valence-electron chi connectivity index (χ1n) is 29.1. The molecule has 0 amide bonds. The van der Waals surface area contributed by atoms with E-state index in [1.807, 2.05) is 94.7 Å².